The lowest BCUT2D eigenvalue weighted by atomic mass is 9.98. The molecule has 1 atom stereocenters. The van der Waals surface area contributed by atoms with E-state index < -0.39 is 23.5 Å². The Kier molecular flexibility index (Phi) is 5.91. The predicted octanol–water partition coefficient (Wildman–Crippen LogP) is 4.24. The van der Waals surface area contributed by atoms with Crippen LogP contribution in [0.15, 0.2) is 35.1 Å². The molecule has 0 amide bonds. The Morgan fingerprint density at radius 1 is 1.16 bits per heavy atom. The van der Waals surface area contributed by atoms with Crippen LogP contribution in [0.5, 0.6) is 0 Å². The summed E-state index contributed by atoms with van der Waals surface area (Å²) < 4.78 is 6.87. The minimum atomic E-state index is -1.21. The topological polar surface area (TPSA) is 98.5 Å². The van der Waals surface area contributed by atoms with Crippen molar-refractivity contribution < 1.29 is 19.4 Å². The molecular weight excluding hydrogens is 416 g/mol. The van der Waals surface area contributed by atoms with Crippen molar-refractivity contribution >= 4 is 33.5 Å². The van der Waals surface area contributed by atoms with Gasteiger partial charge in [0.25, 0.3) is 5.56 Å². The molecule has 1 fully saturated rings. The highest BCUT2D eigenvalue weighted by molar-refractivity contribution is 7.20. The van der Waals surface area contributed by atoms with Gasteiger partial charge in [-0.3, -0.25) is 9.36 Å². The van der Waals surface area contributed by atoms with Gasteiger partial charge in [-0.15, -0.1) is 11.3 Å². The van der Waals surface area contributed by atoms with Crippen molar-refractivity contribution in [3.8, 4) is 0 Å². The molecule has 3 aromatic rings. The van der Waals surface area contributed by atoms with Gasteiger partial charge in [0.2, 0.25) is 0 Å². The lowest BCUT2D eigenvalue weighted by Gasteiger charge is -2.21. The monoisotopic (exact) mass is 440 g/mol. The molecule has 31 heavy (non-hydrogen) atoms. The fraction of sp³-hybridized carbons (Fsp3) is 0.391. The van der Waals surface area contributed by atoms with Gasteiger partial charge in [0, 0.05) is 0 Å². The molecule has 0 saturated heterocycles. The zero-order valence-electron chi connectivity index (χ0n) is 17.5. The number of esters is 1. The van der Waals surface area contributed by atoms with Crippen molar-refractivity contribution in [2.24, 2.45) is 0 Å². The maximum atomic E-state index is 13.4. The van der Waals surface area contributed by atoms with Crippen molar-refractivity contribution in [3.63, 3.8) is 0 Å². The van der Waals surface area contributed by atoms with Gasteiger partial charge in [0.05, 0.1) is 5.39 Å². The number of aliphatic carboxylic acids is 1. The van der Waals surface area contributed by atoms with Gasteiger partial charge in [0.15, 0.2) is 6.04 Å². The van der Waals surface area contributed by atoms with Crippen LogP contribution in [0.2, 0.25) is 0 Å². The summed E-state index contributed by atoms with van der Waals surface area (Å²) in [6.07, 6.45) is 4.88. The molecule has 0 aliphatic heterocycles. The van der Waals surface area contributed by atoms with Crippen LogP contribution in [-0.4, -0.2) is 32.7 Å². The number of hydrogen-bond acceptors (Lipinski definition) is 6. The van der Waals surface area contributed by atoms with Crippen molar-refractivity contribution in [1.82, 2.24) is 9.55 Å². The van der Waals surface area contributed by atoms with Gasteiger partial charge in [-0.25, -0.2) is 14.6 Å². The molecule has 1 aliphatic carbocycles. The number of hydrogen-bond donors (Lipinski definition) is 1. The van der Waals surface area contributed by atoms with E-state index in [2.05, 4.69) is 4.98 Å². The first-order chi connectivity index (χ1) is 14.9. The van der Waals surface area contributed by atoms with E-state index in [0.29, 0.717) is 20.8 Å². The van der Waals surface area contributed by atoms with E-state index in [1.54, 1.807) is 44.2 Å². The molecule has 1 aliphatic rings. The number of fused-ring (bicyclic) bond motifs is 1. The van der Waals surface area contributed by atoms with Crippen LogP contribution in [0.25, 0.3) is 10.2 Å². The van der Waals surface area contributed by atoms with Crippen LogP contribution in [0.1, 0.15) is 64.8 Å². The SMILES string of the molecule is Cc1c(C(=O)OC2CCCCC2)sc2nc(C)n(C(C(=O)O)c3ccccc3)c(=O)c12. The third-order valence-electron chi connectivity index (χ3n) is 5.79. The predicted molar refractivity (Wildman–Crippen MR) is 118 cm³/mol. The first kappa shape index (κ1) is 21.2. The van der Waals surface area contributed by atoms with E-state index in [4.69, 9.17) is 4.74 Å². The number of benzene rings is 1. The van der Waals surface area contributed by atoms with E-state index in [-0.39, 0.29) is 17.3 Å². The number of thiophene rings is 1. The summed E-state index contributed by atoms with van der Waals surface area (Å²) in [6.45, 7) is 3.30. The standard InChI is InChI=1S/C23H24N2O5S/c1-13-17-20(31-19(13)23(29)30-16-11-7-4-8-12-16)24-14(2)25(21(17)26)18(22(27)28)15-9-5-3-6-10-15/h3,5-6,9-10,16,18H,4,7-8,11-12H2,1-2H3,(H,27,28). The van der Waals surface area contributed by atoms with E-state index in [1.165, 1.54) is 4.57 Å². The van der Waals surface area contributed by atoms with Crippen molar-refractivity contribution in [2.45, 2.75) is 58.1 Å². The Labute approximate surface area is 183 Å². The van der Waals surface area contributed by atoms with Gasteiger partial charge in [0.1, 0.15) is 21.6 Å². The molecule has 2 heterocycles. The summed E-state index contributed by atoms with van der Waals surface area (Å²) in [5.74, 6) is -1.31. The molecule has 8 heteroatoms. The van der Waals surface area contributed by atoms with Crippen molar-refractivity contribution in [1.29, 1.82) is 0 Å². The average Bonchev–Trinajstić information content (AvgIpc) is 3.08. The molecule has 1 saturated carbocycles. The number of carbonyl (C=O) groups is 2. The van der Waals surface area contributed by atoms with Gasteiger partial charge in [-0.2, -0.15) is 0 Å². The number of nitrogens with zero attached hydrogens (tertiary/aromatic N) is 2. The summed E-state index contributed by atoms with van der Waals surface area (Å²) in [7, 11) is 0. The molecule has 1 unspecified atom stereocenters. The van der Waals surface area contributed by atoms with Gasteiger partial charge >= 0.3 is 11.9 Å². The molecule has 1 N–H and O–H groups in total. The van der Waals surface area contributed by atoms with E-state index in [1.807, 2.05) is 0 Å². The van der Waals surface area contributed by atoms with Gasteiger partial charge in [-0.05, 0) is 50.7 Å². The number of carbonyl (C=O) groups excluding carboxylic acids is 1. The Balaban J connectivity index is 1.79. The maximum absolute atomic E-state index is 13.4. The third kappa shape index (κ3) is 3.99. The normalized spacial score (nSPS) is 15.7. The molecule has 0 spiro atoms. The molecule has 162 valence electrons. The maximum Gasteiger partial charge on any atom is 0.348 e. The highest BCUT2D eigenvalue weighted by Crippen LogP contribution is 2.31. The minimum absolute atomic E-state index is 0.0910. The minimum Gasteiger partial charge on any atom is -0.479 e. The number of ether oxygens (including phenoxy) is 1. The zero-order chi connectivity index (χ0) is 22.1. The second-order valence-corrected chi connectivity index (χ2v) is 8.89. The summed E-state index contributed by atoms with van der Waals surface area (Å²) in [6, 6.07) is 7.37. The highest BCUT2D eigenvalue weighted by Gasteiger charge is 2.29. The second kappa shape index (κ2) is 8.63. The van der Waals surface area contributed by atoms with E-state index in [9.17, 15) is 19.5 Å². The summed E-state index contributed by atoms with van der Waals surface area (Å²) >= 11 is 1.13. The van der Waals surface area contributed by atoms with Crippen molar-refractivity contribution in [2.75, 3.05) is 0 Å². The van der Waals surface area contributed by atoms with E-state index >= 15 is 0 Å². The van der Waals surface area contributed by atoms with Crippen LogP contribution in [0, 0.1) is 13.8 Å². The Morgan fingerprint density at radius 2 is 1.84 bits per heavy atom. The molecule has 2 aromatic heterocycles. The molecule has 4 rings (SSSR count). The lowest BCUT2D eigenvalue weighted by molar-refractivity contribution is -0.139. The van der Waals surface area contributed by atoms with Crippen molar-refractivity contribution in [3.05, 3.63) is 62.5 Å². The quantitative estimate of drug-likeness (QED) is 0.596. The molecule has 7 nitrogen and oxygen atoms in total. The number of aryl methyl sites for hydroxylation is 2. The van der Waals surface area contributed by atoms with Gasteiger partial charge < -0.3 is 9.84 Å². The van der Waals surface area contributed by atoms with Crippen LogP contribution in [0.3, 0.4) is 0 Å². The van der Waals surface area contributed by atoms with Crippen LogP contribution >= 0.6 is 11.3 Å². The van der Waals surface area contributed by atoms with Crippen LogP contribution in [0.4, 0.5) is 0 Å². The smallest absolute Gasteiger partial charge is 0.348 e. The first-order valence-corrected chi connectivity index (χ1v) is 11.2. The number of carboxylic acid groups (broad SMARTS) is 1. The third-order valence-corrected chi connectivity index (χ3v) is 6.96. The molecule has 0 bridgehead atoms. The summed E-state index contributed by atoms with van der Waals surface area (Å²) in [5, 5.41) is 10.2. The fourth-order valence-corrected chi connectivity index (χ4v) is 5.32. The lowest BCUT2D eigenvalue weighted by Crippen LogP contribution is -2.33. The largest absolute Gasteiger partial charge is 0.479 e. The summed E-state index contributed by atoms with van der Waals surface area (Å²) in [4.78, 5) is 43.6. The summed E-state index contributed by atoms with van der Waals surface area (Å²) in [5.41, 5.74) is 0.500. The average molecular weight is 441 g/mol. The second-order valence-electron chi connectivity index (χ2n) is 7.89. The Hall–Kier alpha value is -3.00. The van der Waals surface area contributed by atoms with E-state index in [0.717, 1.165) is 43.4 Å². The zero-order valence-corrected chi connectivity index (χ0v) is 18.3. The van der Waals surface area contributed by atoms with Crippen LogP contribution < -0.4 is 5.56 Å². The number of rotatable bonds is 5. The number of carboxylic acids is 1. The number of aromatic nitrogens is 2. The first-order valence-electron chi connectivity index (χ1n) is 10.4. The van der Waals surface area contributed by atoms with Crippen LogP contribution in [-0.2, 0) is 9.53 Å². The van der Waals surface area contributed by atoms with Gasteiger partial charge in [-0.1, -0.05) is 36.8 Å². The highest BCUT2D eigenvalue weighted by atomic mass is 32.1. The molecule has 1 aromatic carbocycles. The Morgan fingerprint density at radius 3 is 2.48 bits per heavy atom. The Bertz CT molecular complexity index is 1190. The fourth-order valence-electron chi connectivity index (χ4n) is 4.22. The molecular formula is C23H24N2O5S. The molecule has 0 radical (unpaired) electrons.